The number of hydrogen-bond acceptors (Lipinski definition) is 6. The van der Waals surface area contributed by atoms with Gasteiger partial charge in [-0.3, -0.25) is 4.84 Å². The van der Waals surface area contributed by atoms with Crippen molar-refractivity contribution >= 4 is 15.7 Å². The molecule has 0 unspecified atom stereocenters. The van der Waals surface area contributed by atoms with E-state index in [1.54, 1.807) is 25.3 Å². The van der Waals surface area contributed by atoms with Gasteiger partial charge in [0.2, 0.25) is 0 Å². The van der Waals surface area contributed by atoms with E-state index in [9.17, 15) is 8.42 Å². The quantitative estimate of drug-likeness (QED) is 0.641. The first kappa shape index (κ1) is 21.6. The zero-order chi connectivity index (χ0) is 20.9. The molecule has 8 heteroatoms. The van der Waals surface area contributed by atoms with Crippen LogP contribution >= 0.6 is 0 Å². The Morgan fingerprint density at radius 2 is 1.93 bits per heavy atom. The molecule has 7 nitrogen and oxygen atoms in total. The van der Waals surface area contributed by atoms with Crippen molar-refractivity contribution in [2.24, 2.45) is 0 Å². The maximum atomic E-state index is 12.0. The molecule has 1 fully saturated rings. The molecule has 1 heterocycles. The molecule has 0 amide bonds. The first-order chi connectivity index (χ1) is 13.9. The third kappa shape index (κ3) is 5.27. The molecule has 2 aromatic carbocycles. The normalized spacial score (nSPS) is 19.7. The van der Waals surface area contributed by atoms with Gasteiger partial charge in [-0.2, -0.15) is 0 Å². The third-order valence-electron chi connectivity index (χ3n) is 5.11. The maximum absolute atomic E-state index is 12.0. The van der Waals surface area contributed by atoms with Crippen LogP contribution in [0.15, 0.2) is 48.5 Å². The number of methoxy groups -OCH3 is 1. The minimum Gasteiger partial charge on any atom is -0.496 e. The number of nitrogens with zero attached hydrogens (tertiary/aromatic N) is 1. The van der Waals surface area contributed by atoms with Gasteiger partial charge in [-0.15, -0.1) is 4.47 Å². The topological polar surface area (TPSA) is 79.9 Å². The largest absolute Gasteiger partial charge is 0.496 e. The molecule has 0 aromatic heterocycles. The Balaban J connectivity index is 1.80. The molecule has 158 valence electrons. The summed E-state index contributed by atoms with van der Waals surface area (Å²) in [5, 5.41) is 7.24. The summed E-state index contributed by atoms with van der Waals surface area (Å²) in [6, 6.07) is 16.1. The fraction of sp³-hybridized carbons (Fsp3) is 0.429. The van der Waals surface area contributed by atoms with Crippen molar-refractivity contribution in [3.8, 4) is 5.75 Å². The number of anilines is 1. The second-order valence-electron chi connectivity index (χ2n) is 7.14. The van der Waals surface area contributed by atoms with Gasteiger partial charge in [0.15, 0.2) is 0 Å². The van der Waals surface area contributed by atoms with Crippen LogP contribution in [-0.4, -0.2) is 41.5 Å². The minimum atomic E-state index is -3.54. The summed E-state index contributed by atoms with van der Waals surface area (Å²) in [7, 11) is -0.601. The smallest absolute Gasteiger partial charge is 0.254 e. The minimum absolute atomic E-state index is 0.227. The summed E-state index contributed by atoms with van der Waals surface area (Å²) in [5.74, 6) is 0.700. The van der Waals surface area contributed by atoms with Crippen LogP contribution in [0.4, 0.5) is 5.69 Å². The zero-order valence-corrected chi connectivity index (χ0v) is 17.9. The van der Waals surface area contributed by atoms with E-state index < -0.39 is 10.0 Å². The number of nitrogens with one attached hydrogen (secondary N) is 2. The molecule has 0 spiro atoms. The molecule has 1 saturated heterocycles. The Kier molecular flexibility index (Phi) is 7.13. The number of piperidine rings is 1. The van der Waals surface area contributed by atoms with Crippen molar-refractivity contribution in [2.75, 3.05) is 31.5 Å². The first-order valence-electron chi connectivity index (χ1n) is 9.67. The fourth-order valence-corrected chi connectivity index (χ4v) is 4.58. The average Bonchev–Trinajstić information content (AvgIpc) is 2.72. The van der Waals surface area contributed by atoms with Crippen LogP contribution < -0.4 is 19.8 Å². The van der Waals surface area contributed by atoms with E-state index in [0.717, 1.165) is 35.7 Å². The van der Waals surface area contributed by atoms with Crippen molar-refractivity contribution in [1.29, 1.82) is 0 Å². The number of ether oxygens (including phenoxy) is 1. The Morgan fingerprint density at radius 3 is 2.59 bits per heavy atom. The van der Waals surface area contributed by atoms with Crippen molar-refractivity contribution in [2.45, 2.75) is 31.5 Å². The average molecular weight is 420 g/mol. The summed E-state index contributed by atoms with van der Waals surface area (Å²) in [4.78, 5) is 5.07. The van der Waals surface area contributed by atoms with Gasteiger partial charge in [-0.25, -0.2) is 8.42 Å². The summed E-state index contributed by atoms with van der Waals surface area (Å²) in [6.45, 7) is 1.54. The van der Waals surface area contributed by atoms with Crippen molar-refractivity contribution in [3.63, 3.8) is 0 Å². The van der Waals surface area contributed by atoms with Gasteiger partial charge >= 0.3 is 0 Å². The number of hydrogen-bond donors (Lipinski definition) is 2. The molecule has 29 heavy (non-hydrogen) atoms. The van der Waals surface area contributed by atoms with Gasteiger partial charge in [0, 0.05) is 24.2 Å². The highest BCUT2D eigenvalue weighted by atomic mass is 32.2. The molecule has 2 atom stereocenters. The summed E-state index contributed by atoms with van der Waals surface area (Å²) < 4.78 is 30.4. The van der Waals surface area contributed by atoms with E-state index in [-0.39, 0.29) is 12.1 Å². The van der Waals surface area contributed by atoms with E-state index in [4.69, 9.17) is 9.57 Å². The lowest BCUT2D eigenvalue weighted by molar-refractivity contribution is 0.216. The SMILES string of the molecule is COc1ccc(N(OC)S(C)(=O)=O)cc1CN[C@H]1CCCN[C@H]1c1ccccc1. The maximum Gasteiger partial charge on any atom is 0.254 e. The molecule has 0 saturated carbocycles. The van der Waals surface area contributed by atoms with E-state index in [0.29, 0.717) is 18.0 Å². The standard InChI is InChI=1S/C21H29N3O4S/c1-27-20-12-11-18(24(28-2)29(3,25)26)14-17(20)15-23-19-10-7-13-22-21(19)16-8-5-4-6-9-16/h4-6,8-9,11-12,14,19,21-23H,7,10,13,15H2,1-3H3/t19-,21-/m0/s1. The van der Waals surface area contributed by atoms with Crippen LogP contribution in [0.1, 0.15) is 30.0 Å². The molecular weight excluding hydrogens is 390 g/mol. The van der Waals surface area contributed by atoms with Crippen LogP contribution in [0.2, 0.25) is 0 Å². The zero-order valence-electron chi connectivity index (χ0n) is 17.1. The monoisotopic (exact) mass is 419 g/mol. The lowest BCUT2D eigenvalue weighted by Crippen LogP contribution is -2.45. The first-order valence-corrected chi connectivity index (χ1v) is 11.5. The molecule has 3 rings (SSSR count). The summed E-state index contributed by atoms with van der Waals surface area (Å²) in [5.41, 5.74) is 2.56. The van der Waals surface area contributed by atoms with Crippen molar-refractivity contribution < 1.29 is 18.0 Å². The van der Waals surface area contributed by atoms with Crippen LogP contribution in [-0.2, 0) is 21.4 Å². The Labute approximate surface area is 173 Å². The van der Waals surface area contributed by atoms with Crippen LogP contribution in [0.3, 0.4) is 0 Å². The molecule has 0 radical (unpaired) electrons. The van der Waals surface area contributed by atoms with Crippen molar-refractivity contribution in [1.82, 2.24) is 10.6 Å². The van der Waals surface area contributed by atoms with Crippen LogP contribution in [0, 0.1) is 0 Å². The highest BCUT2D eigenvalue weighted by Crippen LogP contribution is 2.28. The van der Waals surface area contributed by atoms with Crippen LogP contribution in [0.25, 0.3) is 0 Å². The van der Waals surface area contributed by atoms with E-state index in [1.807, 2.05) is 6.07 Å². The van der Waals surface area contributed by atoms with Crippen molar-refractivity contribution in [3.05, 3.63) is 59.7 Å². The molecule has 0 bridgehead atoms. The Hall–Kier alpha value is -2.13. The van der Waals surface area contributed by atoms with Gasteiger partial charge in [-0.1, -0.05) is 30.3 Å². The summed E-state index contributed by atoms with van der Waals surface area (Å²) in [6.07, 6.45) is 3.27. The molecule has 2 aromatic rings. The van der Waals surface area contributed by atoms with E-state index in [2.05, 4.69) is 34.9 Å². The molecule has 1 aliphatic rings. The predicted molar refractivity (Wildman–Crippen MR) is 114 cm³/mol. The van der Waals surface area contributed by atoms with E-state index in [1.165, 1.54) is 12.7 Å². The van der Waals surface area contributed by atoms with Gasteiger partial charge in [-0.05, 0) is 43.1 Å². The van der Waals surface area contributed by atoms with Gasteiger partial charge in [0.05, 0.1) is 26.2 Å². The second-order valence-corrected chi connectivity index (χ2v) is 8.94. The number of rotatable bonds is 8. The number of sulfonamides is 1. The molecule has 1 aliphatic heterocycles. The highest BCUT2D eigenvalue weighted by Gasteiger charge is 2.26. The lowest BCUT2D eigenvalue weighted by Gasteiger charge is -2.34. The Morgan fingerprint density at radius 1 is 1.17 bits per heavy atom. The summed E-state index contributed by atoms with van der Waals surface area (Å²) >= 11 is 0. The third-order valence-corrected chi connectivity index (χ3v) is 6.08. The Bertz CT molecular complexity index is 905. The van der Waals surface area contributed by atoms with Crippen LogP contribution in [0.5, 0.6) is 5.75 Å². The fourth-order valence-electron chi connectivity index (χ4n) is 3.81. The molecule has 2 N–H and O–H groups in total. The highest BCUT2D eigenvalue weighted by molar-refractivity contribution is 7.91. The molecular formula is C21H29N3O4S. The van der Waals surface area contributed by atoms with Gasteiger partial charge in [0.1, 0.15) is 5.75 Å². The van der Waals surface area contributed by atoms with Gasteiger partial charge in [0.25, 0.3) is 10.0 Å². The predicted octanol–water partition coefficient (Wildman–Crippen LogP) is 2.61. The van der Waals surface area contributed by atoms with E-state index >= 15 is 0 Å². The second kappa shape index (κ2) is 9.58. The number of benzene rings is 2. The lowest BCUT2D eigenvalue weighted by atomic mass is 9.92. The van der Waals surface area contributed by atoms with Gasteiger partial charge < -0.3 is 15.4 Å². The molecule has 0 aliphatic carbocycles.